The van der Waals surface area contributed by atoms with Crippen molar-refractivity contribution < 1.29 is 0 Å². The van der Waals surface area contributed by atoms with Crippen molar-refractivity contribution in [3.8, 4) is 33.6 Å². The van der Waals surface area contributed by atoms with Gasteiger partial charge in [0.1, 0.15) is 0 Å². The van der Waals surface area contributed by atoms with Crippen molar-refractivity contribution in [1.82, 2.24) is 9.13 Å². The Kier molecular flexibility index (Phi) is 3.59. The fourth-order valence-corrected chi connectivity index (χ4v) is 9.35. The van der Waals surface area contributed by atoms with Crippen LogP contribution in [0.5, 0.6) is 0 Å². The molecule has 0 atom stereocenters. The third-order valence-corrected chi connectivity index (χ3v) is 10.9. The minimum absolute atomic E-state index is 0.163. The van der Waals surface area contributed by atoms with Crippen LogP contribution in [0.3, 0.4) is 0 Å². The van der Waals surface area contributed by atoms with E-state index in [1.807, 2.05) is 0 Å². The highest BCUT2D eigenvalue weighted by atomic mass is 15.0. The molecule has 12 rings (SSSR count). The molecular weight excluding hydrogens is 531 g/mol. The second-order valence-corrected chi connectivity index (χ2v) is 12.9. The van der Waals surface area contributed by atoms with Gasteiger partial charge >= 0.3 is 0 Å². The Labute approximate surface area is 253 Å². The SMILES string of the molecule is Cc1cc2c3c(c1)-n1c4ccc5cccc6c5c4c4c(ccc(c41)B3c1cccc3c4ccccc4n-2c13)-c1ccccc1-6. The zero-order valence-corrected chi connectivity index (χ0v) is 24.0. The van der Waals surface area contributed by atoms with Crippen molar-refractivity contribution >= 4 is 77.5 Å². The largest absolute Gasteiger partial charge is 0.310 e. The molecule has 2 aromatic heterocycles. The normalized spacial score (nSPS) is 13.5. The summed E-state index contributed by atoms with van der Waals surface area (Å²) in [6, 6.07) is 46.2. The number of para-hydroxylation sites is 2. The quantitative estimate of drug-likeness (QED) is 0.168. The molecule has 0 amide bonds. The molecule has 200 valence electrons. The Hall–Kier alpha value is -5.54. The fourth-order valence-electron chi connectivity index (χ4n) is 9.35. The topological polar surface area (TPSA) is 9.86 Å². The second kappa shape index (κ2) is 7.15. The van der Waals surface area contributed by atoms with Crippen molar-refractivity contribution in [1.29, 1.82) is 0 Å². The van der Waals surface area contributed by atoms with Gasteiger partial charge in [0.15, 0.2) is 0 Å². The monoisotopic (exact) mass is 554 g/mol. The molecule has 0 radical (unpaired) electrons. The molecule has 0 spiro atoms. The molecular formula is C41H23BN2. The van der Waals surface area contributed by atoms with E-state index in [2.05, 4.69) is 137 Å². The molecule has 3 heteroatoms. The maximum Gasteiger partial charge on any atom is 0.252 e. The van der Waals surface area contributed by atoms with Crippen LogP contribution in [-0.4, -0.2) is 15.8 Å². The molecule has 44 heavy (non-hydrogen) atoms. The van der Waals surface area contributed by atoms with Crippen LogP contribution in [0.4, 0.5) is 0 Å². The maximum absolute atomic E-state index is 2.62. The standard InChI is InChI=1S/C41H23BN2/c1-22-20-34-39-35(21-22)44-33-19-16-23-8-6-12-27-24-9-2-3-10-25(24)28-17-18-31(41(44)37(28)38(33)36(23)27)42(39)30-14-7-13-29-26-11-4-5-15-32(26)43(34)40(29)30/h2-21H,1H3. The van der Waals surface area contributed by atoms with Gasteiger partial charge in [-0.1, -0.05) is 97.1 Å². The van der Waals surface area contributed by atoms with E-state index < -0.39 is 0 Å². The average molecular weight is 554 g/mol. The van der Waals surface area contributed by atoms with Gasteiger partial charge in [-0.15, -0.1) is 0 Å². The van der Waals surface area contributed by atoms with Crippen LogP contribution in [0.2, 0.25) is 0 Å². The number of rotatable bonds is 0. The van der Waals surface area contributed by atoms with E-state index >= 15 is 0 Å². The predicted octanol–water partition coefficient (Wildman–Crippen LogP) is 8.13. The molecule has 0 N–H and O–H groups in total. The Morgan fingerprint density at radius 2 is 1.16 bits per heavy atom. The van der Waals surface area contributed by atoms with Crippen LogP contribution in [0, 0.1) is 6.92 Å². The van der Waals surface area contributed by atoms with Gasteiger partial charge in [0.2, 0.25) is 0 Å². The van der Waals surface area contributed by atoms with E-state index in [0.717, 1.165) is 0 Å². The maximum atomic E-state index is 2.62. The van der Waals surface area contributed by atoms with Crippen LogP contribution in [0.25, 0.3) is 88.0 Å². The van der Waals surface area contributed by atoms with Gasteiger partial charge in [-0.25, -0.2) is 0 Å². The van der Waals surface area contributed by atoms with Crippen LogP contribution in [0.1, 0.15) is 5.56 Å². The number of aromatic nitrogens is 2. The number of hydrogen-bond donors (Lipinski definition) is 0. The lowest BCUT2D eigenvalue weighted by molar-refractivity contribution is 1.13. The first-order valence-electron chi connectivity index (χ1n) is 15.6. The van der Waals surface area contributed by atoms with Crippen LogP contribution < -0.4 is 16.4 Å². The molecule has 1 aliphatic carbocycles. The highest BCUT2D eigenvalue weighted by Gasteiger charge is 2.41. The van der Waals surface area contributed by atoms with Gasteiger partial charge in [0.25, 0.3) is 6.71 Å². The summed E-state index contributed by atoms with van der Waals surface area (Å²) in [5.41, 5.74) is 18.8. The summed E-state index contributed by atoms with van der Waals surface area (Å²) in [7, 11) is 0. The van der Waals surface area contributed by atoms with Crippen LogP contribution in [0.15, 0.2) is 121 Å². The summed E-state index contributed by atoms with van der Waals surface area (Å²) in [5, 5.41) is 8.13. The second-order valence-electron chi connectivity index (χ2n) is 12.9. The minimum Gasteiger partial charge on any atom is -0.310 e. The van der Waals surface area contributed by atoms with Gasteiger partial charge in [0, 0.05) is 38.4 Å². The van der Waals surface area contributed by atoms with Gasteiger partial charge < -0.3 is 9.13 Å². The van der Waals surface area contributed by atoms with Crippen molar-refractivity contribution in [3.63, 3.8) is 0 Å². The van der Waals surface area contributed by atoms with Crippen molar-refractivity contribution in [2.75, 3.05) is 0 Å². The summed E-state index contributed by atoms with van der Waals surface area (Å²) in [4.78, 5) is 0. The number of nitrogens with zero attached hydrogens (tertiary/aromatic N) is 2. The molecule has 2 aliphatic heterocycles. The molecule has 0 fully saturated rings. The Morgan fingerprint density at radius 3 is 2.02 bits per heavy atom. The van der Waals surface area contributed by atoms with Gasteiger partial charge in [0.05, 0.1) is 16.6 Å². The average Bonchev–Trinajstić information content (AvgIpc) is 3.55. The molecule has 2 nitrogen and oxygen atoms in total. The summed E-state index contributed by atoms with van der Waals surface area (Å²) in [6.45, 7) is 2.42. The zero-order chi connectivity index (χ0) is 28.4. The van der Waals surface area contributed by atoms with E-state index in [-0.39, 0.29) is 6.71 Å². The van der Waals surface area contributed by atoms with E-state index in [0.29, 0.717) is 0 Å². The van der Waals surface area contributed by atoms with Crippen LogP contribution >= 0.6 is 0 Å². The number of fused-ring (bicyclic) bond motifs is 11. The number of hydrogen-bond acceptors (Lipinski definition) is 0. The summed E-state index contributed by atoms with van der Waals surface area (Å²) in [6.07, 6.45) is 0. The first-order chi connectivity index (χ1) is 21.8. The molecule has 3 aliphatic rings. The van der Waals surface area contributed by atoms with Crippen molar-refractivity contribution in [2.45, 2.75) is 6.92 Å². The lowest BCUT2D eigenvalue weighted by Gasteiger charge is -2.34. The first kappa shape index (κ1) is 22.1. The summed E-state index contributed by atoms with van der Waals surface area (Å²) >= 11 is 0. The Bertz CT molecular complexity index is 2850. The summed E-state index contributed by atoms with van der Waals surface area (Å²) in [5.74, 6) is 0. The van der Waals surface area contributed by atoms with E-state index in [1.54, 1.807) is 0 Å². The van der Waals surface area contributed by atoms with Crippen molar-refractivity contribution in [2.24, 2.45) is 0 Å². The molecule has 7 aromatic carbocycles. The number of benzene rings is 7. The van der Waals surface area contributed by atoms with Gasteiger partial charge in [-0.2, -0.15) is 0 Å². The predicted molar refractivity (Wildman–Crippen MR) is 186 cm³/mol. The highest BCUT2D eigenvalue weighted by molar-refractivity contribution is 7.00. The number of aryl methyl sites for hydroxylation is 1. The summed E-state index contributed by atoms with van der Waals surface area (Å²) < 4.78 is 5.17. The molecule has 0 bridgehead atoms. The highest BCUT2D eigenvalue weighted by Crippen LogP contribution is 2.50. The molecule has 0 saturated carbocycles. The van der Waals surface area contributed by atoms with Gasteiger partial charge in [-0.05, 0) is 86.2 Å². The Morgan fingerprint density at radius 1 is 0.477 bits per heavy atom. The van der Waals surface area contributed by atoms with E-state index in [1.165, 1.54) is 110 Å². The molecule has 0 saturated heterocycles. The Balaban J connectivity index is 1.37. The first-order valence-corrected chi connectivity index (χ1v) is 15.6. The third kappa shape index (κ3) is 2.26. The molecule has 9 aromatic rings. The molecule has 0 unspecified atom stereocenters. The lowest BCUT2D eigenvalue weighted by atomic mass is 9.34. The molecule has 4 heterocycles. The van der Waals surface area contributed by atoms with Crippen LogP contribution in [-0.2, 0) is 0 Å². The van der Waals surface area contributed by atoms with Crippen molar-refractivity contribution in [3.05, 3.63) is 127 Å². The fraction of sp³-hybridized carbons (Fsp3) is 0.0244. The smallest absolute Gasteiger partial charge is 0.252 e. The third-order valence-electron chi connectivity index (χ3n) is 10.9. The van der Waals surface area contributed by atoms with E-state index in [4.69, 9.17) is 0 Å². The lowest BCUT2D eigenvalue weighted by Crippen LogP contribution is -2.59. The minimum atomic E-state index is 0.163. The van der Waals surface area contributed by atoms with E-state index in [9.17, 15) is 0 Å². The van der Waals surface area contributed by atoms with Gasteiger partial charge in [-0.3, -0.25) is 0 Å². The zero-order valence-electron chi connectivity index (χ0n) is 24.0.